The molecular weight excluding hydrogens is 279 g/mol. The summed E-state index contributed by atoms with van der Waals surface area (Å²) in [7, 11) is -1.61. The van der Waals surface area contributed by atoms with E-state index in [1.165, 1.54) is 12.1 Å². The molecule has 0 heterocycles. The molecule has 1 atom stereocenters. The number of halogens is 1. The summed E-state index contributed by atoms with van der Waals surface area (Å²) >= 11 is 0. The van der Waals surface area contributed by atoms with E-state index in [2.05, 4.69) is 5.32 Å². The first-order chi connectivity index (χ1) is 9.56. The monoisotopic (exact) mass is 292 g/mol. The van der Waals surface area contributed by atoms with Gasteiger partial charge in [-0.25, -0.2) is 4.39 Å². The van der Waals surface area contributed by atoms with Gasteiger partial charge in [-0.2, -0.15) is 0 Å². The number of hydrogen-bond donors (Lipinski definition) is 2. The number of carbonyl (C=O) groups is 1. The van der Waals surface area contributed by atoms with Gasteiger partial charge in [-0.15, -0.1) is 0 Å². The van der Waals surface area contributed by atoms with Crippen LogP contribution in [0.15, 0.2) is 53.4 Å². The fraction of sp³-hybridized carbons (Fsp3) is 0.0714. The van der Waals surface area contributed by atoms with E-state index in [0.29, 0.717) is 5.69 Å². The van der Waals surface area contributed by atoms with Crippen molar-refractivity contribution in [1.29, 1.82) is 0 Å². The molecule has 0 spiro atoms. The highest BCUT2D eigenvalue weighted by Crippen LogP contribution is 2.18. The molecule has 6 heteroatoms. The first kappa shape index (κ1) is 14.2. The van der Waals surface area contributed by atoms with Crippen LogP contribution in [0.3, 0.4) is 0 Å². The molecular formula is C14H13FN2O2S. The second-order valence-electron chi connectivity index (χ2n) is 4.09. The highest BCUT2D eigenvalue weighted by molar-refractivity contribution is 7.86. The number of hydrogen-bond acceptors (Lipinski definition) is 3. The predicted molar refractivity (Wildman–Crippen MR) is 77.2 cm³/mol. The Kier molecular flexibility index (Phi) is 4.47. The molecule has 0 aliphatic rings. The Morgan fingerprint density at radius 1 is 1.20 bits per heavy atom. The molecule has 0 saturated carbocycles. The standard InChI is InChI=1S/C14H13FN2O2S/c15-10-6-7-13(12(16)8-10)20(19)9-14(18)17-11-4-2-1-3-5-11/h1-8H,9,16H2,(H,17,18). The molecule has 2 aromatic rings. The van der Waals surface area contributed by atoms with Gasteiger partial charge in [-0.3, -0.25) is 9.00 Å². The summed E-state index contributed by atoms with van der Waals surface area (Å²) in [4.78, 5) is 12.0. The number of nitrogens with two attached hydrogens (primary N) is 1. The van der Waals surface area contributed by atoms with Crippen LogP contribution in [0.25, 0.3) is 0 Å². The highest BCUT2D eigenvalue weighted by Gasteiger charge is 2.13. The lowest BCUT2D eigenvalue weighted by molar-refractivity contribution is -0.113. The fourth-order valence-electron chi connectivity index (χ4n) is 1.64. The van der Waals surface area contributed by atoms with Crippen molar-refractivity contribution in [2.24, 2.45) is 0 Å². The van der Waals surface area contributed by atoms with E-state index in [0.717, 1.165) is 6.07 Å². The van der Waals surface area contributed by atoms with Gasteiger partial charge in [0.1, 0.15) is 11.6 Å². The number of anilines is 2. The molecule has 0 fully saturated rings. The summed E-state index contributed by atoms with van der Waals surface area (Å²) < 4.78 is 24.9. The average molecular weight is 292 g/mol. The van der Waals surface area contributed by atoms with Crippen LogP contribution in [-0.4, -0.2) is 15.9 Å². The van der Waals surface area contributed by atoms with Gasteiger partial charge in [0, 0.05) is 5.69 Å². The molecule has 2 rings (SSSR count). The van der Waals surface area contributed by atoms with E-state index in [1.54, 1.807) is 24.3 Å². The molecule has 0 aromatic heterocycles. The smallest absolute Gasteiger partial charge is 0.237 e. The van der Waals surface area contributed by atoms with Gasteiger partial charge in [0.15, 0.2) is 0 Å². The molecule has 2 aromatic carbocycles. The van der Waals surface area contributed by atoms with Crippen LogP contribution < -0.4 is 11.1 Å². The summed E-state index contributed by atoms with van der Waals surface area (Å²) in [6, 6.07) is 12.4. The highest BCUT2D eigenvalue weighted by atomic mass is 32.2. The van der Waals surface area contributed by atoms with Gasteiger partial charge >= 0.3 is 0 Å². The Morgan fingerprint density at radius 2 is 1.90 bits per heavy atom. The molecule has 1 amide bonds. The van der Waals surface area contributed by atoms with Crippen LogP contribution in [0, 0.1) is 5.82 Å². The van der Waals surface area contributed by atoms with E-state index in [9.17, 15) is 13.4 Å². The third-order valence-corrected chi connectivity index (χ3v) is 3.92. The Hall–Kier alpha value is -2.21. The van der Waals surface area contributed by atoms with E-state index in [1.807, 2.05) is 6.07 Å². The van der Waals surface area contributed by atoms with E-state index < -0.39 is 22.5 Å². The number of benzene rings is 2. The van der Waals surface area contributed by atoms with E-state index >= 15 is 0 Å². The average Bonchev–Trinajstić information content (AvgIpc) is 2.39. The topological polar surface area (TPSA) is 72.2 Å². The Bertz CT molecular complexity index is 647. The Balaban J connectivity index is 2.02. The lowest BCUT2D eigenvalue weighted by Crippen LogP contribution is -2.20. The van der Waals surface area contributed by atoms with Crippen molar-refractivity contribution in [2.45, 2.75) is 4.90 Å². The zero-order valence-corrected chi connectivity index (χ0v) is 11.3. The summed E-state index contributed by atoms with van der Waals surface area (Å²) in [5.41, 5.74) is 6.29. The third-order valence-electron chi connectivity index (χ3n) is 2.54. The minimum atomic E-state index is -1.61. The van der Waals surface area contributed by atoms with Crippen LogP contribution in [0.2, 0.25) is 0 Å². The van der Waals surface area contributed by atoms with Gasteiger partial charge in [0.05, 0.1) is 21.4 Å². The molecule has 0 saturated heterocycles. The first-order valence-corrected chi connectivity index (χ1v) is 7.16. The maximum Gasteiger partial charge on any atom is 0.237 e. The van der Waals surface area contributed by atoms with Crippen molar-refractivity contribution in [3.8, 4) is 0 Å². The molecule has 4 nitrogen and oxygen atoms in total. The number of nitrogen functional groups attached to an aromatic ring is 1. The van der Waals surface area contributed by atoms with Crippen molar-refractivity contribution >= 4 is 28.1 Å². The normalized spacial score (nSPS) is 11.8. The molecule has 0 aliphatic carbocycles. The molecule has 20 heavy (non-hydrogen) atoms. The van der Waals surface area contributed by atoms with Crippen LogP contribution in [0.4, 0.5) is 15.8 Å². The predicted octanol–water partition coefficient (Wildman–Crippen LogP) is 2.15. The van der Waals surface area contributed by atoms with Crippen LogP contribution >= 0.6 is 0 Å². The maximum absolute atomic E-state index is 12.9. The van der Waals surface area contributed by atoms with Gasteiger partial charge < -0.3 is 11.1 Å². The molecule has 0 bridgehead atoms. The van der Waals surface area contributed by atoms with E-state index in [4.69, 9.17) is 5.73 Å². The van der Waals surface area contributed by atoms with Crippen molar-refractivity contribution in [3.05, 3.63) is 54.3 Å². The number of carbonyl (C=O) groups excluding carboxylic acids is 1. The summed E-state index contributed by atoms with van der Waals surface area (Å²) in [6.07, 6.45) is 0. The zero-order valence-electron chi connectivity index (χ0n) is 10.5. The number of para-hydroxylation sites is 1. The van der Waals surface area contributed by atoms with Gasteiger partial charge in [-0.05, 0) is 30.3 Å². The lowest BCUT2D eigenvalue weighted by Gasteiger charge is -2.07. The van der Waals surface area contributed by atoms with Crippen molar-refractivity contribution in [3.63, 3.8) is 0 Å². The largest absolute Gasteiger partial charge is 0.398 e. The van der Waals surface area contributed by atoms with Gasteiger partial charge in [0.25, 0.3) is 0 Å². The Morgan fingerprint density at radius 3 is 2.55 bits per heavy atom. The third kappa shape index (κ3) is 3.64. The van der Waals surface area contributed by atoms with Gasteiger partial charge in [0.2, 0.25) is 5.91 Å². The van der Waals surface area contributed by atoms with Crippen molar-refractivity contribution < 1.29 is 13.4 Å². The number of rotatable bonds is 4. The molecule has 104 valence electrons. The minimum Gasteiger partial charge on any atom is -0.398 e. The molecule has 0 aliphatic heterocycles. The summed E-state index contributed by atoms with van der Waals surface area (Å²) in [6.45, 7) is 0. The van der Waals surface area contributed by atoms with Crippen LogP contribution in [0.1, 0.15) is 0 Å². The quantitative estimate of drug-likeness (QED) is 0.848. The molecule has 3 N–H and O–H groups in total. The van der Waals surface area contributed by atoms with Gasteiger partial charge in [-0.1, -0.05) is 18.2 Å². The number of nitrogens with one attached hydrogen (secondary N) is 1. The van der Waals surface area contributed by atoms with Crippen molar-refractivity contribution in [2.75, 3.05) is 16.8 Å². The minimum absolute atomic E-state index is 0.0795. The van der Waals surface area contributed by atoms with Crippen molar-refractivity contribution in [1.82, 2.24) is 0 Å². The molecule has 0 radical (unpaired) electrons. The number of amides is 1. The Labute approximate surface area is 118 Å². The second-order valence-corrected chi connectivity index (χ2v) is 5.51. The molecule has 1 unspecified atom stereocenters. The fourth-order valence-corrected chi connectivity index (χ4v) is 2.65. The first-order valence-electron chi connectivity index (χ1n) is 5.84. The van der Waals surface area contributed by atoms with E-state index in [-0.39, 0.29) is 16.3 Å². The second kappa shape index (κ2) is 6.29. The zero-order chi connectivity index (χ0) is 14.5. The maximum atomic E-state index is 12.9. The summed E-state index contributed by atoms with van der Waals surface area (Å²) in [5.74, 6) is -1.12. The van der Waals surface area contributed by atoms with Crippen LogP contribution in [0.5, 0.6) is 0 Å². The summed E-state index contributed by atoms with van der Waals surface area (Å²) in [5, 5.41) is 2.63. The lowest BCUT2D eigenvalue weighted by atomic mass is 10.3. The van der Waals surface area contributed by atoms with Crippen LogP contribution in [-0.2, 0) is 15.6 Å². The SMILES string of the molecule is Nc1cc(F)ccc1S(=O)CC(=O)Nc1ccccc1.